The smallest absolute Gasteiger partial charge is 0.192 e. The highest BCUT2D eigenvalue weighted by Crippen LogP contribution is 2.38. The molecule has 3 nitrogen and oxygen atoms in total. The summed E-state index contributed by atoms with van der Waals surface area (Å²) in [7, 11) is 0. The molecule has 0 bridgehead atoms. The molecule has 0 radical (unpaired) electrons. The quantitative estimate of drug-likeness (QED) is 0.332. The SMILES string of the molecule is C=CCn1c(SCc2c(F)cccc2Cl)nnc1-c1csc2c1CC[C@@H](C)C2. The van der Waals surface area contributed by atoms with Crippen molar-refractivity contribution in [2.75, 3.05) is 0 Å². The molecule has 0 saturated heterocycles. The maximum atomic E-state index is 14.1. The number of benzene rings is 1. The van der Waals surface area contributed by atoms with Crippen LogP contribution in [0.3, 0.4) is 0 Å². The van der Waals surface area contributed by atoms with E-state index in [4.69, 9.17) is 11.6 Å². The number of allylic oxidation sites excluding steroid dienone is 1. The van der Waals surface area contributed by atoms with Crippen LogP contribution in [0.4, 0.5) is 4.39 Å². The number of rotatable bonds is 6. The second kappa shape index (κ2) is 8.39. The summed E-state index contributed by atoms with van der Waals surface area (Å²) in [6, 6.07) is 4.75. The Morgan fingerprint density at radius 3 is 3.07 bits per heavy atom. The molecule has 2 aromatic heterocycles. The number of thioether (sulfide) groups is 1. The van der Waals surface area contributed by atoms with E-state index in [2.05, 4.69) is 33.6 Å². The van der Waals surface area contributed by atoms with Crippen LogP contribution in [0.2, 0.25) is 5.02 Å². The second-order valence-electron chi connectivity index (χ2n) is 7.09. The fraction of sp³-hybridized carbons (Fsp3) is 0.333. The van der Waals surface area contributed by atoms with Crippen molar-refractivity contribution in [1.82, 2.24) is 14.8 Å². The highest BCUT2D eigenvalue weighted by Gasteiger charge is 2.24. The Morgan fingerprint density at radius 2 is 2.29 bits per heavy atom. The summed E-state index contributed by atoms with van der Waals surface area (Å²) >= 11 is 9.43. The van der Waals surface area contributed by atoms with E-state index in [-0.39, 0.29) is 5.82 Å². The average Bonchev–Trinajstić information content (AvgIpc) is 3.25. The molecular formula is C21H21ClFN3S2. The van der Waals surface area contributed by atoms with Gasteiger partial charge in [0.05, 0.1) is 0 Å². The molecule has 2 heterocycles. The van der Waals surface area contributed by atoms with Crippen molar-refractivity contribution in [2.24, 2.45) is 5.92 Å². The zero-order valence-corrected chi connectivity index (χ0v) is 18.0. The van der Waals surface area contributed by atoms with Crippen LogP contribution in [-0.2, 0) is 25.1 Å². The summed E-state index contributed by atoms with van der Waals surface area (Å²) in [6.45, 7) is 6.80. The number of halogens is 2. The average molecular weight is 434 g/mol. The lowest BCUT2D eigenvalue weighted by atomic mass is 9.88. The van der Waals surface area contributed by atoms with Crippen LogP contribution < -0.4 is 0 Å². The van der Waals surface area contributed by atoms with Crippen molar-refractivity contribution < 1.29 is 4.39 Å². The van der Waals surface area contributed by atoms with Crippen LogP contribution in [-0.4, -0.2) is 14.8 Å². The topological polar surface area (TPSA) is 30.7 Å². The summed E-state index contributed by atoms with van der Waals surface area (Å²) in [6.07, 6.45) is 5.28. The van der Waals surface area contributed by atoms with Crippen LogP contribution in [0.5, 0.6) is 0 Å². The molecule has 1 aliphatic carbocycles. The molecule has 1 atom stereocenters. The molecule has 0 aliphatic heterocycles. The van der Waals surface area contributed by atoms with Crippen molar-refractivity contribution in [3.05, 3.63) is 63.1 Å². The molecule has 7 heteroatoms. The third-order valence-electron chi connectivity index (χ3n) is 5.08. The molecule has 3 aromatic rings. The number of hydrogen-bond acceptors (Lipinski definition) is 4. The molecule has 0 saturated carbocycles. The molecular weight excluding hydrogens is 413 g/mol. The van der Waals surface area contributed by atoms with Gasteiger partial charge in [-0.05, 0) is 42.9 Å². The molecule has 0 amide bonds. The van der Waals surface area contributed by atoms with Crippen LogP contribution >= 0.6 is 34.7 Å². The molecule has 28 heavy (non-hydrogen) atoms. The largest absolute Gasteiger partial charge is 0.298 e. The van der Waals surface area contributed by atoms with Crippen molar-refractivity contribution in [2.45, 2.75) is 43.6 Å². The minimum Gasteiger partial charge on any atom is -0.298 e. The standard InChI is InChI=1S/C21H21ClFN3S2/c1-3-9-26-20(15-11-27-19-10-13(2)7-8-14(15)19)24-25-21(26)28-12-16-17(22)5-4-6-18(16)23/h3-6,11,13H,1,7-10,12H2,2H3/t13-/m1/s1. The van der Waals surface area contributed by atoms with E-state index >= 15 is 0 Å². The van der Waals surface area contributed by atoms with Gasteiger partial charge in [-0.3, -0.25) is 4.57 Å². The van der Waals surface area contributed by atoms with Gasteiger partial charge in [0.15, 0.2) is 11.0 Å². The first-order valence-electron chi connectivity index (χ1n) is 9.27. The third kappa shape index (κ3) is 3.78. The first-order chi connectivity index (χ1) is 13.6. The third-order valence-corrected chi connectivity index (χ3v) is 7.48. The lowest BCUT2D eigenvalue weighted by Crippen LogP contribution is -2.10. The van der Waals surface area contributed by atoms with Crippen LogP contribution in [0.1, 0.15) is 29.3 Å². The Labute approximate surface area is 177 Å². The van der Waals surface area contributed by atoms with Gasteiger partial charge in [-0.25, -0.2) is 4.39 Å². The zero-order chi connectivity index (χ0) is 19.7. The minimum atomic E-state index is -0.295. The van der Waals surface area contributed by atoms with E-state index in [1.54, 1.807) is 12.1 Å². The number of nitrogens with zero attached hydrogens (tertiary/aromatic N) is 3. The first-order valence-corrected chi connectivity index (χ1v) is 11.5. The van der Waals surface area contributed by atoms with Gasteiger partial charge in [0.25, 0.3) is 0 Å². The van der Waals surface area contributed by atoms with Crippen molar-refractivity contribution in [3.63, 3.8) is 0 Å². The van der Waals surface area contributed by atoms with E-state index in [0.29, 0.717) is 22.9 Å². The zero-order valence-electron chi connectivity index (χ0n) is 15.6. The number of aromatic nitrogens is 3. The van der Waals surface area contributed by atoms with Crippen LogP contribution in [0.15, 0.2) is 41.4 Å². The Kier molecular flexibility index (Phi) is 5.90. The molecule has 0 unspecified atom stereocenters. The Balaban J connectivity index is 1.64. The predicted molar refractivity (Wildman–Crippen MR) is 116 cm³/mol. The summed E-state index contributed by atoms with van der Waals surface area (Å²) in [5.41, 5.74) is 3.08. The lowest BCUT2D eigenvalue weighted by molar-refractivity contribution is 0.508. The van der Waals surface area contributed by atoms with E-state index < -0.39 is 0 Å². The van der Waals surface area contributed by atoms with Gasteiger partial charge in [-0.1, -0.05) is 42.4 Å². The van der Waals surface area contributed by atoms with E-state index in [9.17, 15) is 4.39 Å². The Bertz CT molecular complexity index is 991. The fourth-order valence-electron chi connectivity index (χ4n) is 3.56. The van der Waals surface area contributed by atoms with Crippen LogP contribution in [0.25, 0.3) is 11.4 Å². The summed E-state index contributed by atoms with van der Waals surface area (Å²) < 4.78 is 16.2. The van der Waals surface area contributed by atoms with Gasteiger partial charge >= 0.3 is 0 Å². The molecule has 4 rings (SSSR count). The first kappa shape index (κ1) is 19.7. The summed E-state index contributed by atoms with van der Waals surface area (Å²) in [4.78, 5) is 1.47. The summed E-state index contributed by atoms with van der Waals surface area (Å²) in [5, 5.41) is 12.3. The van der Waals surface area contributed by atoms with E-state index in [1.165, 1.54) is 40.3 Å². The Hall–Kier alpha value is -1.63. The molecule has 1 aromatic carbocycles. The fourth-order valence-corrected chi connectivity index (χ4v) is 6.09. The molecule has 0 N–H and O–H groups in total. The van der Waals surface area contributed by atoms with E-state index in [0.717, 1.165) is 29.7 Å². The second-order valence-corrected chi connectivity index (χ2v) is 9.41. The predicted octanol–water partition coefficient (Wildman–Crippen LogP) is 6.40. The van der Waals surface area contributed by atoms with Crippen LogP contribution in [0, 0.1) is 11.7 Å². The number of hydrogen-bond donors (Lipinski definition) is 0. The molecule has 0 fully saturated rings. The molecule has 1 aliphatic rings. The van der Waals surface area contributed by atoms with Gasteiger partial charge in [-0.15, -0.1) is 28.1 Å². The Morgan fingerprint density at radius 1 is 1.43 bits per heavy atom. The maximum Gasteiger partial charge on any atom is 0.192 e. The maximum absolute atomic E-state index is 14.1. The monoisotopic (exact) mass is 433 g/mol. The van der Waals surface area contributed by atoms with Gasteiger partial charge in [0.1, 0.15) is 5.82 Å². The normalized spacial score (nSPS) is 16.2. The lowest BCUT2D eigenvalue weighted by Gasteiger charge is -2.19. The van der Waals surface area contributed by atoms with E-state index in [1.807, 2.05) is 17.4 Å². The van der Waals surface area contributed by atoms with Gasteiger partial charge in [0.2, 0.25) is 0 Å². The van der Waals surface area contributed by atoms with Crippen molar-refractivity contribution >= 4 is 34.7 Å². The highest BCUT2D eigenvalue weighted by molar-refractivity contribution is 7.98. The molecule has 0 spiro atoms. The van der Waals surface area contributed by atoms with Crippen molar-refractivity contribution in [3.8, 4) is 11.4 Å². The van der Waals surface area contributed by atoms with Gasteiger partial charge in [-0.2, -0.15) is 0 Å². The van der Waals surface area contributed by atoms with Crippen molar-refractivity contribution in [1.29, 1.82) is 0 Å². The number of fused-ring (bicyclic) bond motifs is 1. The highest BCUT2D eigenvalue weighted by atomic mass is 35.5. The number of thiophene rings is 1. The summed E-state index contributed by atoms with van der Waals surface area (Å²) in [5.74, 6) is 1.71. The molecule has 146 valence electrons. The minimum absolute atomic E-state index is 0.295. The van der Waals surface area contributed by atoms with Gasteiger partial charge < -0.3 is 0 Å². The van der Waals surface area contributed by atoms with Gasteiger partial charge in [0, 0.05) is 38.7 Å².